The van der Waals surface area contributed by atoms with Crippen molar-refractivity contribution in [1.82, 2.24) is 14.1 Å². The maximum absolute atomic E-state index is 13.0. The molecule has 162 valence electrons. The highest BCUT2D eigenvalue weighted by Gasteiger charge is 2.25. The fourth-order valence-electron chi connectivity index (χ4n) is 3.59. The Morgan fingerprint density at radius 1 is 1.03 bits per heavy atom. The maximum atomic E-state index is 13.0. The van der Waals surface area contributed by atoms with E-state index >= 15 is 0 Å². The first-order chi connectivity index (χ1) is 14.3. The lowest BCUT2D eigenvalue weighted by Gasteiger charge is -2.35. The van der Waals surface area contributed by atoms with Gasteiger partial charge in [0.2, 0.25) is 10.0 Å². The number of anilines is 1. The standard InChI is InChI=1S/C22H30N4O3S/c1-24(2)30(28,29)19-10-11-21(23)20(17-19)22(27)26-15-13-25(14-16-26)12-6-9-18-7-4-3-5-8-18/h3-5,7-8,10-11,17H,6,9,12-16,23H2,1-2H3. The average molecular weight is 431 g/mol. The van der Waals surface area contributed by atoms with Gasteiger partial charge in [0.05, 0.1) is 10.5 Å². The molecule has 1 saturated heterocycles. The van der Waals surface area contributed by atoms with Crippen molar-refractivity contribution in [3.63, 3.8) is 0 Å². The Kier molecular flexibility index (Phi) is 7.12. The molecule has 0 unspecified atom stereocenters. The molecule has 2 aromatic rings. The van der Waals surface area contributed by atoms with E-state index in [2.05, 4.69) is 29.2 Å². The Morgan fingerprint density at radius 2 is 1.70 bits per heavy atom. The van der Waals surface area contributed by atoms with Crippen LogP contribution in [0.15, 0.2) is 53.4 Å². The summed E-state index contributed by atoms with van der Waals surface area (Å²) in [6.07, 6.45) is 2.12. The Hall–Kier alpha value is -2.42. The highest BCUT2D eigenvalue weighted by molar-refractivity contribution is 7.89. The van der Waals surface area contributed by atoms with Gasteiger partial charge in [-0.25, -0.2) is 12.7 Å². The van der Waals surface area contributed by atoms with Crippen LogP contribution in [0, 0.1) is 0 Å². The number of amides is 1. The second-order valence-electron chi connectivity index (χ2n) is 7.76. The first-order valence-corrected chi connectivity index (χ1v) is 11.6. The van der Waals surface area contributed by atoms with Gasteiger partial charge in [0.1, 0.15) is 0 Å². The van der Waals surface area contributed by atoms with E-state index in [1.54, 1.807) is 4.90 Å². The van der Waals surface area contributed by atoms with Crippen LogP contribution in [0.3, 0.4) is 0 Å². The highest BCUT2D eigenvalue weighted by Crippen LogP contribution is 2.22. The second-order valence-corrected chi connectivity index (χ2v) is 9.91. The van der Waals surface area contributed by atoms with Gasteiger partial charge in [-0.15, -0.1) is 0 Å². The lowest BCUT2D eigenvalue weighted by atomic mass is 10.1. The predicted molar refractivity (Wildman–Crippen MR) is 119 cm³/mol. The van der Waals surface area contributed by atoms with Crippen LogP contribution >= 0.6 is 0 Å². The molecule has 30 heavy (non-hydrogen) atoms. The van der Waals surface area contributed by atoms with Crippen LogP contribution in [-0.2, 0) is 16.4 Å². The number of carbonyl (C=O) groups is 1. The van der Waals surface area contributed by atoms with Crippen molar-refractivity contribution < 1.29 is 13.2 Å². The van der Waals surface area contributed by atoms with E-state index in [0.717, 1.165) is 36.8 Å². The number of benzene rings is 2. The molecule has 1 aliphatic heterocycles. The van der Waals surface area contributed by atoms with E-state index in [1.165, 1.54) is 37.9 Å². The van der Waals surface area contributed by atoms with Crippen molar-refractivity contribution in [2.24, 2.45) is 0 Å². The molecule has 3 rings (SSSR count). The number of sulfonamides is 1. The van der Waals surface area contributed by atoms with Crippen LogP contribution in [0.2, 0.25) is 0 Å². The lowest BCUT2D eigenvalue weighted by molar-refractivity contribution is 0.0637. The number of nitrogens with two attached hydrogens (primary N) is 1. The van der Waals surface area contributed by atoms with Crippen LogP contribution in [0.25, 0.3) is 0 Å². The molecule has 1 aliphatic rings. The molecule has 0 bridgehead atoms. The summed E-state index contributed by atoms with van der Waals surface area (Å²) in [7, 11) is -0.699. The van der Waals surface area contributed by atoms with Crippen LogP contribution in [0.5, 0.6) is 0 Å². The van der Waals surface area contributed by atoms with Crippen LogP contribution in [-0.4, -0.2) is 75.2 Å². The summed E-state index contributed by atoms with van der Waals surface area (Å²) in [5, 5.41) is 0. The maximum Gasteiger partial charge on any atom is 0.256 e. The minimum absolute atomic E-state index is 0.0737. The summed E-state index contributed by atoms with van der Waals surface area (Å²) in [6, 6.07) is 14.7. The van der Waals surface area contributed by atoms with E-state index in [1.807, 2.05) is 6.07 Å². The molecule has 0 atom stereocenters. The van der Waals surface area contributed by atoms with Gasteiger partial charge in [-0.3, -0.25) is 9.69 Å². The number of piperazine rings is 1. The molecule has 0 radical (unpaired) electrons. The van der Waals surface area contributed by atoms with E-state index in [4.69, 9.17) is 5.73 Å². The van der Waals surface area contributed by atoms with Crippen molar-refractivity contribution >= 4 is 21.6 Å². The van der Waals surface area contributed by atoms with Crippen molar-refractivity contribution in [3.05, 3.63) is 59.7 Å². The Bertz CT molecular complexity index is 969. The van der Waals surface area contributed by atoms with E-state index in [-0.39, 0.29) is 16.4 Å². The Balaban J connectivity index is 1.57. The van der Waals surface area contributed by atoms with Crippen molar-refractivity contribution in [1.29, 1.82) is 0 Å². The summed E-state index contributed by atoms with van der Waals surface area (Å²) in [5.74, 6) is -0.216. The minimum atomic E-state index is -3.62. The quantitative estimate of drug-likeness (QED) is 0.678. The molecule has 0 spiro atoms. The average Bonchev–Trinajstić information content (AvgIpc) is 2.74. The van der Waals surface area contributed by atoms with Gasteiger partial charge in [-0.1, -0.05) is 30.3 Å². The third-order valence-corrected chi connectivity index (χ3v) is 7.29. The number of carbonyl (C=O) groups excluding carboxylic acids is 1. The number of hydrogen-bond acceptors (Lipinski definition) is 5. The van der Waals surface area contributed by atoms with Gasteiger partial charge < -0.3 is 10.6 Å². The molecule has 0 saturated carbocycles. The smallest absolute Gasteiger partial charge is 0.256 e. The van der Waals surface area contributed by atoms with Gasteiger partial charge in [0.25, 0.3) is 5.91 Å². The summed E-state index contributed by atoms with van der Waals surface area (Å²) in [6.45, 7) is 3.81. The van der Waals surface area contributed by atoms with Crippen LogP contribution in [0.4, 0.5) is 5.69 Å². The predicted octanol–water partition coefficient (Wildman–Crippen LogP) is 1.91. The van der Waals surface area contributed by atoms with Gasteiger partial charge in [0.15, 0.2) is 0 Å². The van der Waals surface area contributed by atoms with Gasteiger partial charge in [0, 0.05) is 46.0 Å². The number of hydrogen-bond donors (Lipinski definition) is 1. The normalized spacial score (nSPS) is 15.5. The summed E-state index contributed by atoms with van der Waals surface area (Å²) in [4.78, 5) is 17.2. The summed E-state index contributed by atoms with van der Waals surface area (Å²) < 4.78 is 25.9. The zero-order valence-corrected chi connectivity index (χ0v) is 18.4. The molecule has 1 amide bonds. The molecular formula is C22H30N4O3S. The van der Waals surface area contributed by atoms with Gasteiger partial charge in [-0.05, 0) is 43.1 Å². The second kappa shape index (κ2) is 9.59. The first-order valence-electron chi connectivity index (χ1n) is 10.2. The molecule has 0 aromatic heterocycles. The highest BCUT2D eigenvalue weighted by atomic mass is 32.2. The zero-order chi connectivity index (χ0) is 21.7. The molecule has 0 aliphatic carbocycles. The fourth-order valence-corrected chi connectivity index (χ4v) is 4.52. The largest absolute Gasteiger partial charge is 0.398 e. The summed E-state index contributed by atoms with van der Waals surface area (Å²) in [5.41, 5.74) is 7.88. The topological polar surface area (TPSA) is 86.9 Å². The minimum Gasteiger partial charge on any atom is -0.398 e. The molecule has 7 nitrogen and oxygen atoms in total. The lowest BCUT2D eigenvalue weighted by Crippen LogP contribution is -2.49. The van der Waals surface area contributed by atoms with Crippen LogP contribution < -0.4 is 5.73 Å². The van der Waals surface area contributed by atoms with Crippen molar-refractivity contribution in [2.45, 2.75) is 17.7 Å². The van der Waals surface area contributed by atoms with Gasteiger partial charge in [-0.2, -0.15) is 0 Å². The third-order valence-electron chi connectivity index (χ3n) is 5.48. The molecule has 1 heterocycles. The van der Waals surface area contributed by atoms with E-state index < -0.39 is 10.0 Å². The molecule has 2 aromatic carbocycles. The number of aryl methyl sites for hydroxylation is 1. The van der Waals surface area contributed by atoms with E-state index in [9.17, 15) is 13.2 Å². The first kappa shape index (κ1) is 22.3. The van der Waals surface area contributed by atoms with E-state index in [0.29, 0.717) is 18.8 Å². The number of nitrogen functional groups attached to an aromatic ring is 1. The fraction of sp³-hybridized carbons (Fsp3) is 0.409. The Morgan fingerprint density at radius 3 is 2.33 bits per heavy atom. The summed E-state index contributed by atoms with van der Waals surface area (Å²) >= 11 is 0. The van der Waals surface area contributed by atoms with Gasteiger partial charge >= 0.3 is 0 Å². The third kappa shape index (κ3) is 5.19. The molecular weight excluding hydrogens is 400 g/mol. The van der Waals surface area contributed by atoms with Crippen molar-refractivity contribution in [3.8, 4) is 0 Å². The number of rotatable bonds is 7. The number of nitrogens with zero attached hydrogens (tertiary/aromatic N) is 3. The molecule has 8 heteroatoms. The van der Waals surface area contributed by atoms with Crippen LogP contribution in [0.1, 0.15) is 22.3 Å². The monoisotopic (exact) mass is 430 g/mol. The molecule has 1 fully saturated rings. The van der Waals surface area contributed by atoms with Crippen molar-refractivity contribution in [2.75, 3.05) is 52.6 Å². The SMILES string of the molecule is CN(C)S(=O)(=O)c1ccc(N)c(C(=O)N2CCN(CCCc3ccccc3)CC2)c1. The molecule has 2 N–H and O–H groups in total. The zero-order valence-electron chi connectivity index (χ0n) is 17.6. The Labute approximate surface area is 179 Å².